The number of rotatable bonds is 7. The molecule has 0 aromatic heterocycles. The van der Waals surface area contributed by atoms with E-state index in [1.54, 1.807) is 13.0 Å². The molecule has 0 fully saturated rings. The van der Waals surface area contributed by atoms with E-state index in [9.17, 15) is 19.5 Å². The molecule has 0 radical (unpaired) electrons. The van der Waals surface area contributed by atoms with Crippen molar-refractivity contribution in [3.05, 3.63) is 34.9 Å². The fourth-order valence-electron chi connectivity index (χ4n) is 1.98. The molecule has 0 spiro atoms. The second kappa shape index (κ2) is 8.14. The zero-order chi connectivity index (χ0) is 16.7. The van der Waals surface area contributed by atoms with Crippen molar-refractivity contribution in [1.29, 1.82) is 0 Å². The fraction of sp³-hybridized carbons (Fsp3) is 0.400. The molecule has 1 unspecified atom stereocenters. The van der Waals surface area contributed by atoms with Crippen molar-refractivity contribution in [1.82, 2.24) is 0 Å². The molecule has 2 N–H and O–H groups in total. The van der Waals surface area contributed by atoms with Crippen LogP contribution in [0.25, 0.3) is 0 Å². The third-order valence-corrected chi connectivity index (χ3v) is 3.02. The molecule has 0 aliphatic heterocycles. The molecular formula is C15H18O7. The summed E-state index contributed by atoms with van der Waals surface area (Å²) in [6.07, 6.45) is -1.66. The van der Waals surface area contributed by atoms with Crippen molar-refractivity contribution in [2.45, 2.75) is 25.9 Å². The number of aliphatic hydroxyl groups is 1. The van der Waals surface area contributed by atoms with Gasteiger partial charge in [-0.05, 0) is 18.9 Å². The van der Waals surface area contributed by atoms with E-state index in [1.165, 1.54) is 19.2 Å². The van der Waals surface area contributed by atoms with Gasteiger partial charge in [0.15, 0.2) is 6.10 Å². The van der Waals surface area contributed by atoms with Crippen LogP contribution in [-0.4, -0.2) is 41.8 Å². The SMILES string of the molecule is CCOC(=O)c1c(CCC(=O)OC)cccc1C(O)C(=O)O. The zero-order valence-electron chi connectivity index (χ0n) is 12.4. The largest absolute Gasteiger partial charge is 0.479 e. The Labute approximate surface area is 127 Å². The summed E-state index contributed by atoms with van der Waals surface area (Å²) in [6, 6.07) is 4.43. The number of ether oxygens (including phenoxy) is 2. The number of esters is 2. The maximum Gasteiger partial charge on any atom is 0.338 e. The Kier molecular flexibility index (Phi) is 6.52. The van der Waals surface area contributed by atoms with Crippen LogP contribution in [-0.2, 0) is 25.5 Å². The number of carboxylic acid groups (broad SMARTS) is 1. The quantitative estimate of drug-likeness (QED) is 0.725. The first-order chi connectivity index (χ1) is 10.4. The lowest BCUT2D eigenvalue weighted by molar-refractivity contribution is -0.147. The Morgan fingerprint density at radius 1 is 1.27 bits per heavy atom. The molecule has 1 atom stereocenters. The van der Waals surface area contributed by atoms with Crippen molar-refractivity contribution in [2.75, 3.05) is 13.7 Å². The number of carbonyl (C=O) groups excluding carboxylic acids is 2. The molecule has 0 saturated carbocycles. The van der Waals surface area contributed by atoms with Crippen LogP contribution in [0.4, 0.5) is 0 Å². The highest BCUT2D eigenvalue weighted by atomic mass is 16.5. The van der Waals surface area contributed by atoms with Gasteiger partial charge in [-0.2, -0.15) is 0 Å². The first kappa shape index (κ1) is 17.6. The second-order valence-electron chi connectivity index (χ2n) is 4.42. The van der Waals surface area contributed by atoms with E-state index in [-0.39, 0.29) is 30.6 Å². The maximum atomic E-state index is 12.1. The average molecular weight is 310 g/mol. The second-order valence-corrected chi connectivity index (χ2v) is 4.42. The molecule has 7 nitrogen and oxygen atoms in total. The summed E-state index contributed by atoms with van der Waals surface area (Å²) < 4.78 is 9.45. The molecule has 120 valence electrons. The lowest BCUT2D eigenvalue weighted by Gasteiger charge is -2.15. The monoisotopic (exact) mass is 310 g/mol. The predicted molar refractivity (Wildman–Crippen MR) is 75.3 cm³/mol. The topological polar surface area (TPSA) is 110 Å². The Bertz CT molecular complexity index is 565. The minimum Gasteiger partial charge on any atom is -0.479 e. The van der Waals surface area contributed by atoms with Crippen LogP contribution in [0.1, 0.15) is 40.9 Å². The van der Waals surface area contributed by atoms with Crippen LogP contribution in [0.5, 0.6) is 0 Å². The summed E-state index contributed by atoms with van der Waals surface area (Å²) in [5.74, 6) is -2.67. The summed E-state index contributed by atoms with van der Waals surface area (Å²) in [6.45, 7) is 1.72. The summed E-state index contributed by atoms with van der Waals surface area (Å²) in [5.41, 5.74) is 0.332. The van der Waals surface area contributed by atoms with Gasteiger partial charge in [0.25, 0.3) is 0 Å². The van der Waals surface area contributed by atoms with Gasteiger partial charge in [-0.25, -0.2) is 9.59 Å². The number of methoxy groups -OCH3 is 1. The van der Waals surface area contributed by atoms with Crippen molar-refractivity contribution >= 4 is 17.9 Å². The molecule has 7 heteroatoms. The third-order valence-electron chi connectivity index (χ3n) is 3.02. The van der Waals surface area contributed by atoms with Crippen molar-refractivity contribution in [3.63, 3.8) is 0 Å². The number of aryl methyl sites for hydroxylation is 1. The van der Waals surface area contributed by atoms with Crippen LogP contribution in [0, 0.1) is 0 Å². The molecular weight excluding hydrogens is 292 g/mol. The van der Waals surface area contributed by atoms with E-state index in [0.29, 0.717) is 5.56 Å². The standard InChI is InChI=1S/C15H18O7/c1-3-22-15(20)12-9(7-8-11(16)21-2)5-4-6-10(12)13(17)14(18)19/h4-6,13,17H,3,7-8H2,1-2H3,(H,18,19). The number of aliphatic carboxylic acids is 1. The minimum atomic E-state index is -1.85. The third kappa shape index (κ3) is 4.29. The van der Waals surface area contributed by atoms with Crippen LogP contribution in [0.3, 0.4) is 0 Å². The van der Waals surface area contributed by atoms with Gasteiger partial charge in [0.2, 0.25) is 0 Å². The Morgan fingerprint density at radius 3 is 2.50 bits per heavy atom. The Balaban J connectivity index is 3.24. The molecule has 0 aliphatic carbocycles. The average Bonchev–Trinajstić information content (AvgIpc) is 2.51. The van der Waals surface area contributed by atoms with Crippen LogP contribution >= 0.6 is 0 Å². The van der Waals surface area contributed by atoms with Gasteiger partial charge in [-0.15, -0.1) is 0 Å². The van der Waals surface area contributed by atoms with Crippen molar-refractivity contribution < 1.29 is 34.1 Å². The fourth-order valence-corrected chi connectivity index (χ4v) is 1.98. The van der Waals surface area contributed by atoms with E-state index in [0.717, 1.165) is 0 Å². The van der Waals surface area contributed by atoms with Crippen molar-refractivity contribution in [2.24, 2.45) is 0 Å². The number of carbonyl (C=O) groups is 3. The van der Waals surface area contributed by atoms with E-state index in [2.05, 4.69) is 4.74 Å². The molecule has 1 rings (SSSR count). The van der Waals surface area contributed by atoms with E-state index >= 15 is 0 Å². The highest BCUT2D eigenvalue weighted by Crippen LogP contribution is 2.24. The molecule has 0 bridgehead atoms. The summed E-state index contributed by atoms with van der Waals surface area (Å²) in [7, 11) is 1.25. The van der Waals surface area contributed by atoms with Crippen LogP contribution < -0.4 is 0 Å². The van der Waals surface area contributed by atoms with Gasteiger partial charge in [0, 0.05) is 12.0 Å². The lowest BCUT2D eigenvalue weighted by Crippen LogP contribution is -2.19. The number of hydrogen-bond donors (Lipinski definition) is 2. The number of hydrogen-bond acceptors (Lipinski definition) is 6. The first-order valence-electron chi connectivity index (χ1n) is 6.68. The number of aliphatic hydroxyl groups excluding tert-OH is 1. The zero-order valence-corrected chi connectivity index (χ0v) is 12.4. The molecule has 1 aromatic carbocycles. The van der Waals surface area contributed by atoms with Gasteiger partial charge >= 0.3 is 17.9 Å². The molecule has 1 aromatic rings. The molecule has 0 saturated heterocycles. The lowest BCUT2D eigenvalue weighted by atomic mass is 9.94. The van der Waals surface area contributed by atoms with Crippen molar-refractivity contribution in [3.8, 4) is 0 Å². The summed E-state index contributed by atoms with van der Waals surface area (Å²) in [5, 5.41) is 18.7. The van der Waals surface area contributed by atoms with Gasteiger partial charge in [0.05, 0.1) is 19.3 Å². The number of benzene rings is 1. The van der Waals surface area contributed by atoms with Gasteiger partial charge in [-0.1, -0.05) is 18.2 Å². The smallest absolute Gasteiger partial charge is 0.338 e. The molecule has 0 aliphatic rings. The van der Waals surface area contributed by atoms with Gasteiger partial charge in [-0.3, -0.25) is 4.79 Å². The van der Waals surface area contributed by atoms with E-state index in [1.807, 2.05) is 0 Å². The van der Waals surface area contributed by atoms with Crippen LogP contribution in [0.15, 0.2) is 18.2 Å². The molecule has 0 amide bonds. The van der Waals surface area contributed by atoms with E-state index < -0.39 is 24.0 Å². The van der Waals surface area contributed by atoms with Gasteiger partial charge < -0.3 is 19.7 Å². The Morgan fingerprint density at radius 2 is 1.95 bits per heavy atom. The maximum absolute atomic E-state index is 12.1. The van der Waals surface area contributed by atoms with Crippen LogP contribution in [0.2, 0.25) is 0 Å². The highest BCUT2D eigenvalue weighted by Gasteiger charge is 2.26. The predicted octanol–water partition coefficient (Wildman–Crippen LogP) is 1.09. The number of carboxylic acids is 1. The molecule has 0 heterocycles. The first-order valence-corrected chi connectivity index (χ1v) is 6.68. The van der Waals surface area contributed by atoms with E-state index in [4.69, 9.17) is 9.84 Å². The Hall–Kier alpha value is -2.41. The summed E-state index contributed by atoms with van der Waals surface area (Å²) in [4.78, 5) is 34.3. The highest BCUT2D eigenvalue weighted by molar-refractivity contribution is 5.94. The normalized spacial score (nSPS) is 11.6. The van der Waals surface area contributed by atoms with Gasteiger partial charge in [0.1, 0.15) is 0 Å². The minimum absolute atomic E-state index is 0.0233. The molecule has 22 heavy (non-hydrogen) atoms. The summed E-state index contributed by atoms with van der Waals surface area (Å²) >= 11 is 0.